The summed E-state index contributed by atoms with van der Waals surface area (Å²) in [6, 6.07) is 15.9. The van der Waals surface area contributed by atoms with Gasteiger partial charge >= 0.3 is 6.03 Å². The van der Waals surface area contributed by atoms with Crippen LogP contribution in [0.1, 0.15) is 30.0 Å². The lowest BCUT2D eigenvalue weighted by Crippen LogP contribution is -2.33. The van der Waals surface area contributed by atoms with Gasteiger partial charge in [0.1, 0.15) is 0 Å². The van der Waals surface area contributed by atoms with Crippen molar-refractivity contribution in [1.29, 1.82) is 0 Å². The lowest BCUT2D eigenvalue weighted by Gasteiger charge is -2.14. The average molecular weight is 366 g/mol. The van der Waals surface area contributed by atoms with Crippen molar-refractivity contribution in [2.75, 3.05) is 12.8 Å². The van der Waals surface area contributed by atoms with E-state index in [-0.39, 0.29) is 6.54 Å². The molecule has 0 fully saturated rings. The van der Waals surface area contributed by atoms with Gasteiger partial charge in [-0.3, -0.25) is 5.21 Å². The predicted octanol–water partition coefficient (Wildman–Crippen LogP) is 4.90. The van der Waals surface area contributed by atoms with E-state index in [2.05, 4.69) is 55.7 Å². The van der Waals surface area contributed by atoms with E-state index in [0.29, 0.717) is 11.5 Å². The number of benzene rings is 2. The van der Waals surface area contributed by atoms with Gasteiger partial charge in [0.15, 0.2) is 0 Å². The molecule has 0 saturated carbocycles. The summed E-state index contributed by atoms with van der Waals surface area (Å²) < 4.78 is 0. The van der Waals surface area contributed by atoms with Gasteiger partial charge in [0, 0.05) is 4.90 Å². The summed E-state index contributed by atoms with van der Waals surface area (Å²) in [4.78, 5) is 12.3. The summed E-state index contributed by atoms with van der Waals surface area (Å²) in [5.41, 5.74) is 12.1. The van der Waals surface area contributed by atoms with Gasteiger partial charge in [0.05, 0.1) is 6.54 Å². The molecule has 0 aliphatic heterocycles. The van der Waals surface area contributed by atoms with E-state index in [1.165, 1.54) is 21.6 Å². The Morgan fingerprint density at radius 3 is 2.42 bits per heavy atom. The number of amides is 2. The van der Waals surface area contributed by atoms with E-state index in [4.69, 9.17) is 5.73 Å². The number of nitrogens with two attached hydrogens (primary N) is 1. The molecule has 5 heteroatoms. The second kappa shape index (κ2) is 7.81. The Balaban J connectivity index is 1.98. The SMILES string of the molecule is CSc1ccc(/C=C2\C(CCN(O)C(N)=O)=C(C)c3ccccc32)cc1. The number of primary amides is 1. The zero-order valence-corrected chi connectivity index (χ0v) is 15.7. The Labute approximate surface area is 158 Å². The molecule has 4 nitrogen and oxygen atoms in total. The molecule has 134 valence electrons. The molecule has 1 aliphatic carbocycles. The van der Waals surface area contributed by atoms with Crippen LogP contribution in [0.2, 0.25) is 0 Å². The molecule has 2 aromatic rings. The molecule has 0 radical (unpaired) electrons. The fourth-order valence-electron chi connectivity index (χ4n) is 3.25. The van der Waals surface area contributed by atoms with Crippen molar-refractivity contribution in [1.82, 2.24) is 5.06 Å². The van der Waals surface area contributed by atoms with Crippen LogP contribution in [0.4, 0.5) is 4.79 Å². The fraction of sp³-hybridized carbons (Fsp3) is 0.190. The monoisotopic (exact) mass is 366 g/mol. The van der Waals surface area contributed by atoms with Gasteiger partial charge in [0.25, 0.3) is 0 Å². The van der Waals surface area contributed by atoms with Gasteiger partial charge in [-0.25, -0.2) is 9.86 Å². The molecular weight excluding hydrogens is 344 g/mol. The molecule has 0 heterocycles. The molecule has 0 saturated heterocycles. The number of carbonyl (C=O) groups is 1. The fourth-order valence-corrected chi connectivity index (χ4v) is 3.66. The van der Waals surface area contributed by atoms with E-state index in [9.17, 15) is 10.0 Å². The number of hydroxylamine groups is 2. The minimum Gasteiger partial charge on any atom is -0.350 e. The van der Waals surface area contributed by atoms with Gasteiger partial charge in [-0.15, -0.1) is 11.8 Å². The van der Waals surface area contributed by atoms with Crippen LogP contribution >= 0.6 is 11.8 Å². The molecule has 2 aromatic carbocycles. The highest BCUT2D eigenvalue weighted by Crippen LogP contribution is 2.43. The number of carbonyl (C=O) groups excluding carboxylic acids is 1. The molecule has 26 heavy (non-hydrogen) atoms. The molecule has 0 atom stereocenters. The number of hydrogen-bond donors (Lipinski definition) is 2. The summed E-state index contributed by atoms with van der Waals surface area (Å²) in [7, 11) is 0. The largest absolute Gasteiger partial charge is 0.350 e. The van der Waals surface area contributed by atoms with Crippen LogP contribution in [0.3, 0.4) is 0 Å². The molecule has 0 bridgehead atoms. The number of rotatable bonds is 5. The quantitative estimate of drug-likeness (QED) is 0.449. The molecule has 0 spiro atoms. The number of urea groups is 1. The molecule has 2 amide bonds. The predicted molar refractivity (Wildman–Crippen MR) is 108 cm³/mol. The first-order valence-electron chi connectivity index (χ1n) is 8.42. The van der Waals surface area contributed by atoms with Gasteiger partial charge in [0.2, 0.25) is 0 Å². The van der Waals surface area contributed by atoms with Crippen molar-refractivity contribution < 1.29 is 10.0 Å². The van der Waals surface area contributed by atoms with Crippen molar-refractivity contribution in [3.8, 4) is 0 Å². The molecule has 1 aliphatic rings. The van der Waals surface area contributed by atoms with Gasteiger partial charge in [-0.05, 0) is 71.2 Å². The average Bonchev–Trinajstić information content (AvgIpc) is 2.92. The van der Waals surface area contributed by atoms with Crippen LogP contribution in [0.25, 0.3) is 17.2 Å². The zero-order chi connectivity index (χ0) is 18.7. The van der Waals surface area contributed by atoms with E-state index in [0.717, 1.165) is 16.7 Å². The molecule has 0 aromatic heterocycles. The number of nitrogens with zero attached hydrogens (tertiary/aromatic N) is 1. The summed E-state index contributed by atoms with van der Waals surface area (Å²) in [6.45, 7) is 2.25. The summed E-state index contributed by atoms with van der Waals surface area (Å²) in [5.74, 6) is 0. The minimum atomic E-state index is -0.836. The normalized spacial score (nSPS) is 14.7. The molecule has 0 unspecified atom stereocenters. The van der Waals surface area contributed by atoms with Crippen LogP contribution in [0, 0.1) is 0 Å². The van der Waals surface area contributed by atoms with Gasteiger partial charge < -0.3 is 5.73 Å². The second-order valence-electron chi connectivity index (χ2n) is 6.19. The first kappa shape index (κ1) is 18.3. The number of thioether (sulfide) groups is 1. The maximum atomic E-state index is 11.1. The Kier molecular flexibility index (Phi) is 5.49. The van der Waals surface area contributed by atoms with Crippen LogP contribution < -0.4 is 5.73 Å². The molecule has 3 N–H and O–H groups in total. The van der Waals surface area contributed by atoms with Crippen LogP contribution in [-0.4, -0.2) is 29.1 Å². The minimum absolute atomic E-state index is 0.165. The first-order chi connectivity index (χ1) is 12.5. The third-order valence-electron chi connectivity index (χ3n) is 4.65. The second-order valence-corrected chi connectivity index (χ2v) is 7.07. The van der Waals surface area contributed by atoms with Gasteiger partial charge in [-0.1, -0.05) is 36.4 Å². The van der Waals surface area contributed by atoms with Crippen molar-refractivity contribution in [3.63, 3.8) is 0 Å². The standard InChI is InChI=1S/C21H22N2O2S/c1-14-17-5-3-4-6-19(17)20(18(14)11-12-23(25)21(22)24)13-15-7-9-16(26-2)10-8-15/h3-10,13,25H,11-12H2,1-2H3,(H2,22,24)/b20-13+. The lowest BCUT2D eigenvalue weighted by molar-refractivity contribution is -0.0379. The number of allylic oxidation sites excluding steroid dienone is 2. The maximum Gasteiger partial charge on any atom is 0.338 e. The highest BCUT2D eigenvalue weighted by atomic mass is 32.2. The van der Waals surface area contributed by atoms with E-state index in [1.807, 2.05) is 12.1 Å². The molecule has 3 rings (SSSR count). The first-order valence-corrected chi connectivity index (χ1v) is 9.65. The van der Waals surface area contributed by atoms with Crippen LogP contribution in [-0.2, 0) is 0 Å². The Bertz CT molecular complexity index is 885. The van der Waals surface area contributed by atoms with Crippen LogP contribution in [0.15, 0.2) is 59.0 Å². The Hall–Kier alpha value is -2.50. The smallest absolute Gasteiger partial charge is 0.338 e. The zero-order valence-electron chi connectivity index (χ0n) is 14.9. The lowest BCUT2D eigenvalue weighted by atomic mass is 9.98. The van der Waals surface area contributed by atoms with Crippen molar-refractivity contribution >= 4 is 35.0 Å². The third-order valence-corrected chi connectivity index (χ3v) is 5.40. The summed E-state index contributed by atoms with van der Waals surface area (Å²) >= 11 is 1.72. The Morgan fingerprint density at radius 1 is 1.15 bits per heavy atom. The maximum absolute atomic E-state index is 11.1. The summed E-state index contributed by atoms with van der Waals surface area (Å²) in [5, 5.41) is 10.2. The number of fused-ring (bicyclic) bond motifs is 1. The van der Waals surface area contributed by atoms with Gasteiger partial charge in [-0.2, -0.15) is 0 Å². The third kappa shape index (κ3) is 3.69. The highest BCUT2D eigenvalue weighted by molar-refractivity contribution is 7.98. The van der Waals surface area contributed by atoms with Crippen molar-refractivity contribution in [3.05, 3.63) is 70.8 Å². The Morgan fingerprint density at radius 2 is 1.81 bits per heavy atom. The molecular formula is C21H22N2O2S. The van der Waals surface area contributed by atoms with Crippen molar-refractivity contribution in [2.45, 2.75) is 18.2 Å². The highest BCUT2D eigenvalue weighted by Gasteiger charge is 2.23. The topological polar surface area (TPSA) is 66.6 Å². The van der Waals surface area contributed by atoms with E-state index in [1.54, 1.807) is 11.8 Å². The van der Waals surface area contributed by atoms with Crippen LogP contribution in [0.5, 0.6) is 0 Å². The van der Waals surface area contributed by atoms with Crippen molar-refractivity contribution in [2.24, 2.45) is 5.73 Å². The number of hydrogen-bond acceptors (Lipinski definition) is 3. The summed E-state index contributed by atoms with van der Waals surface area (Å²) in [6.07, 6.45) is 4.76. The van der Waals surface area contributed by atoms with E-state index >= 15 is 0 Å². The van der Waals surface area contributed by atoms with E-state index < -0.39 is 6.03 Å².